The van der Waals surface area contributed by atoms with Crippen molar-refractivity contribution >= 4 is 11.9 Å². The molecule has 1 amide bonds. The van der Waals surface area contributed by atoms with Crippen molar-refractivity contribution in [2.75, 3.05) is 0 Å². The Kier molecular flexibility index (Phi) is 15.0. The second-order valence-corrected chi connectivity index (χ2v) is 6.28. The molecule has 0 spiro atoms. The van der Waals surface area contributed by atoms with E-state index in [9.17, 15) is 14.7 Å². The summed E-state index contributed by atoms with van der Waals surface area (Å²) >= 11 is 0. The number of rotatable bonds is 16. The molecule has 0 saturated carbocycles. The number of unbranched alkanes of at least 4 members (excludes halogenated alkanes) is 12. The number of amides is 1. The Balaban J connectivity index is 3.21. The molecule has 1 atom stereocenters. The minimum absolute atomic E-state index is 0.252. The highest BCUT2D eigenvalue weighted by Gasteiger charge is 2.08. The van der Waals surface area contributed by atoms with E-state index in [2.05, 4.69) is 6.92 Å². The number of carboxylic acids is 1. The van der Waals surface area contributed by atoms with Crippen LogP contribution >= 0.6 is 0 Å². The van der Waals surface area contributed by atoms with Crippen LogP contribution in [0.15, 0.2) is 0 Å². The van der Waals surface area contributed by atoms with Gasteiger partial charge in [0.15, 0.2) is 6.23 Å². The summed E-state index contributed by atoms with van der Waals surface area (Å²) in [5.74, 6) is -2.12. The number of hydrogen-bond donors (Lipinski definition) is 2. The molecule has 136 valence electrons. The number of aliphatic hydroxyl groups is 1. The number of carbonyl (C=O) groups is 2. The first-order chi connectivity index (χ1) is 11.1. The lowest BCUT2D eigenvalue weighted by Crippen LogP contribution is -2.47. The third-order valence-corrected chi connectivity index (χ3v) is 4.03. The molecule has 0 aromatic rings. The Morgan fingerprint density at radius 3 is 1.61 bits per heavy atom. The zero-order valence-electron chi connectivity index (χ0n) is 14.6. The van der Waals surface area contributed by atoms with Crippen molar-refractivity contribution in [2.24, 2.45) is 0 Å². The van der Waals surface area contributed by atoms with Gasteiger partial charge in [-0.2, -0.15) is 0 Å². The van der Waals surface area contributed by atoms with Gasteiger partial charge in [0.05, 0.1) is 5.97 Å². The van der Waals surface area contributed by atoms with E-state index in [1.807, 2.05) is 5.32 Å². The molecular weight excluding hydrogens is 294 g/mol. The molecule has 23 heavy (non-hydrogen) atoms. The lowest BCUT2D eigenvalue weighted by Gasteiger charge is -2.13. The highest BCUT2D eigenvalue weighted by molar-refractivity contribution is 5.81. The van der Waals surface area contributed by atoms with Crippen LogP contribution in [0.4, 0.5) is 0 Å². The van der Waals surface area contributed by atoms with Crippen molar-refractivity contribution in [3.63, 3.8) is 0 Å². The van der Waals surface area contributed by atoms with Gasteiger partial charge in [-0.15, -0.1) is 0 Å². The topological polar surface area (TPSA) is 89.5 Å². The molecule has 0 bridgehead atoms. The quantitative estimate of drug-likeness (QED) is 0.337. The molecule has 0 rings (SSSR count). The first-order valence-electron chi connectivity index (χ1n) is 9.26. The molecule has 5 heteroatoms. The lowest BCUT2D eigenvalue weighted by atomic mass is 10.0. The van der Waals surface area contributed by atoms with Crippen LogP contribution in [0.5, 0.6) is 0 Å². The van der Waals surface area contributed by atoms with Crippen LogP contribution in [0.1, 0.15) is 96.8 Å². The zero-order valence-corrected chi connectivity index (χ0v) is 14.6. The highest BCUT2D eigenvalue weighted by Crippen LogP contribution is 2.12. The van der Waals surface area contributed by atoms with Crippen molar-refractivity contribution in [2.45, 2.75) is 103 Å². The predicted molar refractivity (Wildman–Crippen MR) is 89.5 cm³/mol. The summed E-state index contributed by atoms with van der Waals surface area (Å²) < 4.78 is 0. The summed E-state index contributed by atoms with van der Waals surface area (Å²) in [6.45, 7) is 2.24. The highest BCUT2D eigenvalue weighted by atomic mass is 16.4. The standard InChI is InChI=1S/C18H35NO4/c1-2-3-4-5-6-7-8-9-10-11-12-13-14-15-16(20)19-17(21)18(22)23/h17,21H,2-15H2,1H3,(H,19,20)(H,22,23)/p-1/t17-/m0/s1. The average Bonchev–Trinajstić information content (AvgIpc) is 2.51. The molecule has 0 unspecified atom stereocenters. The van der Waals surface area contributed by atoms with Gasteiger partial charge in [-0.1, -0.05) is 84.0 Å². The predicted octanol–water partition coefficient (Wildman–Crippen LogP) is 2.65. The van der Waals surface area contributed by atoms with Gasteiger partial charge in [-0.3, -0.25) is 4.79 Å². The number of carbonyl (C=O) groups excluding carboxylic acids is 2. The van der Waals surface area contributed by atoms with Gasteiger partial charge in [0.25, 0.3) is 0 Å². The Labute approximate surface area is 140 Å². The summed E-state index contributed by atoms with van der Waals surface area (Å²) in [7, 11) is 0. The van der Waals surface area contributed by atoms with E-state index in [1.54, 1.807) is 0 Å². The Bertz CT molecular complexity index is 307. The van der Waals surface area contributed by atoms with Crippen LogP contribution in [0.25, 0.3) is 0 Å². The van der Waals surface area contributed by atoms with Gasteiger partial charge in [0.1, 0.15) is 0 Å². The van der Waals surface area contributed by atoms with Crippen molar-refractivity contribution in [3.05, 3.63) is 0 Å². The van der Waals surface area contributed by atoms with E-state index >= 15 is 0 Å². The number of hydrogen-bond acceptors (Lipinski definition) is 4. The first-order valence-corrected chi connectivity index (χ1v) is 9.26. The van der Waals surface area contributed by atoms with E-state index in [0.717, 1.165) is 19.3 Å². The van der Waals surface area contributed by atoms with Gasteiger partial charge in [0.2, 0.25) is 5.91 Å². The smallest absolute Gasteiger partial charge is 0.222 e. The number of nitrogens with one attached hydrogen (secondary N) is 1. The summed E-state index contributed by atoms with van der Waals surface area (Å²) in [4.78, 5) is 21.5. The van der Waals surface area contributed by atoms with Crippen LogP contribution in [0, 0.1) is 0 Å². The fraction of sp³-hybridized carbons (Fsp3) is 0.889. The Morgan fingerprint density at radius 2 is 1.22 bits per heavy atom. The molecular formula is C18H34NO4-. The molecule has 0 aliphatic rings. The van der Waals surface area contributed by atoms with Crippen LogP contribution in [0.3, 0.4) is 0 Å². The van der Waals surface area contributed by atoms with Crippen molar-refractivity contribution in [1.29, 1.82) is 0 Å². The number of aliphatic hydroxyl groups excluding tert-OH is 1. The third-order valence-electron chi connectivity index (χ3n) is 4.03. The molecule has 0 fully saturated rings. The first kappa shape index (κ1) is 21.9. The third kappa shape index (κ3) is 15.6. The Morgan fingerprint density at radius 1 is 0.826 bits per heavy atom. The number of carboxylic acid groups (broad SMARTS) is 1. The summed E-state index contributed by atoms with van der Waals surface area (Å²) in [5.41, 5.74) is 0. The maximum Gasteiger partial charge on any atom is 0.222 e. The van der Waals surface area contributed by atoms with E-state index in [4.69, 9.17) is 5.11 Å². The molecule has 0 saturated heterocycles. The largest absolute Gasteiger partial charge is 0.545 e. The average molecular weight is 328 g/mol. The second-order valence-electron chi connectivity index (χ2n) is 6.28. The van der Waals surface area contributed by atoms with Gasteiger partial charge >= 0.3 is 0 Å². The monoisotopic (exact) mass is 328 g/mol. The van der Waals surface area contributed by atoms with Gasteiger partial charge < -0.3 is 20.3 Å². The van der Waals surface area contributed by atoms with Crippen molar-refractivity contribution < 1.29 is 19.8 Å². The molecule has 0 aliphatic heterocycles. The summed E-state index contributed by atoms with van der Waals surface area (Å²) in [6, 6.07) is 0. The van der Waals surface area contributed by atoms with Crippen molar-refractivity contribution in [1.82, 2.24) is 5.32 Å². The van der Waals surface area contributed by atoms with E-state index in [-0.39, 0.29) is 6.42 Å². The molecule has 0 heterocycles. The van der Waals surface area contributed by atoms with Gasteiger partial charge in [0, 0.05) is 6.42 Å². The van der Waals surface area contributed by atoms with Crippen LogP contribution < -0.4 is 10.4 Å². The van der Waals surface area contributed by atoms with Crippen LogP contribution in [0.2, 0.25) is 0 Å². The molecule has 0 aromatic carbocycles. The fourth-order valence-corrected chi connectivity index (χ4v) is 2.59. The molecule has 0 radical (unpaired) electrons. The maximum absolute atomic E-state index is 11.3. The molecule has 5 nitrogen and oxygen atoms in total. The minimum atomic E-state index is -1.90. The minimum Gasteiger partial charge on any atom is -0.545 e. The van der Waals surface area contributed by atoms with Gasteiger partial charge in [-0.05, 0) is 6.42 Å². The van der Waals surface area contributed by atoms with E-state index < -0.39 is 18.1 Å². The van der Waals surface area contributed by atoms with Crippen LogP contribution in [-0.2, 0) is 9.59 Å². The normalized spacial score (nSPS) is 12.1. The second kappa shape index (κ2) is 15.8. The Hall–Kier alpha value is -1.10. The van der Waals surface area contributed by atoms with Crippen molar-refractivity contribution in [3.8, 4) is 0 Å². The van der Waals surface area contributed by atoms with Crippen LogP contribution in [-0.4, -0.2) is 23.2 Å². The zero-order chi connectivity index (χ0) is 17.3. The number of aliphatic carboxylic acids is 1. The molecule has 0 aliphatic carbocycles. The maximum atomic E-state index is 11.3. The SMILES string of the molecule is CCCCCCCCCCCCCCCC(=O)N[C@@H](O)C(=O)[O-]. The van der Waals surface area contributed by atoms with E-state index in [1.165, 1.54) is 64.2 Å². The lowest BCUT2D eigenvalue weighted by molar-refractivity contribution is -0.316. The molecule has 2 N–H and O–H groups in total. The van der Waals surface area contributed by atoms with E-state index in [0.29, 0.717) is 0 Å². The molecule has 0 aromatic heterocycles. The summed E-state index contributed by atoms with van der Waals surface area (Å²) in [5, 5.41) is 21.1. The fourth-order valence-electron chi connectivity index (χ4n) is 2.59. The summed E-state index contributed by atoms with van der Waals surface area (Å²) in [6.07, 6.45) is 14.4. The van der Waals surface area contributed by atoms with Gasteiger partial charge in [-0.25, -0.2) is 0 Å².